The summed E-state index contributed by atoms with van der Waals surface area (Å²) in [5.41, 5.74) is 0.324. The number of nitrogens with zero attached hydrogens (tertiary/aromatic N) is 6. The fourth-order valence-electron chi connectivity index (χ4n) is 7.79. The Morgan fingerprint density at radius 3 is 2.40 bits per heavy atom. The van der Waals surface area contributed by atoms with Gasteiger partial charge in [-0.2, -0.15) is 23.5 Å². The van der Waals surface area contributed by atoms with E-state index in [4.69, 9.17) is 5.26 Å². The highest BCUT2D eigenvalue weighted by atomic mass is 19.4. The highest BCUT2D eigenvalue weighted by Crippen LogP contribution is 2.35. The Morgan fingerprint density at radius 1 is 0.945 bits per heavy atom. The van der Waals surface area contributed by atoms with Crippen molar-refractivity contribution in [3.8, 4) is 6.07 Å². The zero-order valence-corrected chi connectivity index (χ0v) is 30.3. The van der Waals surface area contributed by atoms with E-state index in [0.717, 1.165) is 85.7 Å². The van der Waals surface area contributed by atoms with Crippen molar-refractivity contribution in [3.05, 3.63) is 82.7 Å². The Labute approximate surface area is 314 Å². The van der Waals surface area contributed by atoms with E-state index in [1.165, 1.54) is 16.8 Å². The summed E-state index contributed by atoms with van der Waals surface area (Å²) in [4.78, 5) is 69.5. The van der Waals surface area contributed by atoms with E-state index in [9.17, 15) is 37.1 Å². The van der Waals surface area contributed by atoms with Crippen molar-refractivity contribution < 1.29 is 37.1 Å². The Hall–Kier alpha value is -5.82. The SMILES string of the molecule is CC(C)(C(=O)Nc1ccc(C#N)c(C(F)(F)F)c1)n1cc(N2CCC(N3CCC=C(c4ccc5c(c4)C(=O)N(C4CCC(=O)NC4=O)C5=O)CC3)CC2)cn1. The van der Waals surface area contributed by atoms with Crippen LogP contribution in [-0.2, 0) is 26.1 Å². The minimum absolute atomic E-state index is 0.0610. The first-order chi connectivity index (χ1) is 26.1. The van der Waals surface area contributed by atoms with Crippen LogP contribution in [0.4, 0.5) is 24.5 Å². The molecule has 0 radical (unpaired) electrons. The van der Waals surface area contributed by atoms with Crippen LogP contribution in [0.25, 0.3) is 5.57 Å². The average Bonchev–Trinajstić information content (AvgIpc) is 3.65. The van der Waals surface area contributed by atoms with Gasteiger partial charge in [0.1, 0.15) is 11.6 Å². The largest absolute Gasteiger partial charge is 0.417 e. The van der Waals surface area contributed by atoms with Crippen molar-refractivity contribution in [1.29, 1.82) is 5.26 Å². The van der Waals surface area contributed by atoms with Crippen LogP contribution in [0, 0.1) is 11.3 Å². The van der Waals surface area contributed by atoms with Gasteiger partial charge in [-0.05, 0) is 87.4 Å². The lowest BCUT2D eigenvalue weighted by Crippen LogP contribution is -2.54. The predicted molar refractivity (Wildman–Crippen MR) is 193 cm³/mol. The Balaban J connectivity index is 0.936. The monoisotopic (exact) mass is 756 g/mol. The summed E-state index contributed by atoms with van der Waals surface area (Å²) in [6.45, 7) is 6.44. The normalized spacial score (nSPS) is 20.1. The molecule has 0 spiro atoms. The van der Waals surface area contributed by atoms with Crippen molar-refractivity contribution in [3.63, 3.8) is 0 Å². The molecule has 2 aromatic carbocycles. The smallest absolute Gasteiger partial charge is 0.369 e. The maximum Gasteiger partial charge on any atom is 0.417 e. The third kappa shape index (κ3) is 7.23. The number of nitrogens with one attached hydrogen (secondary N) is 2. The zero-order valence-electron chi connectivity index (χ0n) is 30.3. The van der Waals surface area contributed by atoms with Crippen molar-refractivity contribution in [2.45, 2.75) is 76.2 Å². The lowest BCUT2D eigenvalue weighted by atomic mass is 9.97. The van der Waals surface area contributed by atoms with Crippen LogP contribution in [-0.4, -0.2) is 87.4 Å². The molecule has 2 N–H and O–H groups in total. The van der Waals surface area contributed by atoms with Crippen molar-refractivity contribution in [2.24, 2.45) is 0 Å². The number of nitriles is 1. The number of carbonyl (C=O) groups is 5. The lowest BCUT2D eigenvalue weighted by molar-refractivity contribution is -0.138. The van der Waals surface area contributed by atoms with Gasteiger partial charge >= 0.3 is 6.18 Å². The first kappa shape index (κ1) is 37.5. The molecule has 4 aliphatic heterocycles. The number of halogens is 3. The van der Waals surface area contributed by atoms with Gasteiger partial charge < -0.3 is 10.2 Å². The number of piperidine rings is 2. The van der Waals surface area contributed by atoms with Gasteiger partial charge in [-0.15, -0.1) is 0 Å². The molecule has 55 heavy (non-hydrogen) atoms. The van der Waals surface area contributed by atoms with Gasteiger partial charge in [0.15, 0.2) is 0 Å². The number of alkyl halides is 3. The Bertz CT molecular complexity index is 2160. The summed E-state index contributed by atoms with van der Waals surface area (Å²) in [5, 5.41) is 18.3. The number of hydrogen-bond donors (Lipinski definition) is 2. The lowest BCUT2D eigenvalue weighted by Gasteiger charge is -2.38. The van der Waals surface area contributed by atoms with Gasteiger partial charge in [0.2, 0.25) is 11.8 Å². The van der Waals surface area contributed by atoms with E-state index in [2.05, 4.69) is 31.6 Å². The van der Waals surface area contributed by atoms with Crippen molar-refractivity contribution >= 4 is 46.5 Å². The van der Waals surface area contributed by atoms with Gasteiger partial charge in [-0.1, -0.05) is 12.1 Å². The fourth-order valence-corrected chi connectivity index (χ4v) is 7.79. The summed E-state index contributed by atoms with van der Waals surface area (Å²) < 4.78 is 41.9. The predicted octanol–water partition coefficient (Wildman–Crippen LogP) is 4.70. The van der Waals surface area contributed by atoms with Crippen LogP contribution in [0.3, 0.4) is 0 Å². The van der Waals surface area contributed by atoms with Gasteiger partial charge in [0.05, 0.1) is 40.2 Å². The molecule has 0 saturated carbocycles. The molecule has 4 aliphatic rings. The van der Waals surface area contributed by atoms with Crippen molar-refractivity contribution in [1.82, 2.24) is 24.9 Å². The summed E-state index contributed by atoms with van der Waals surface area (Å²) >= 11 is 0. The van der Waals surface area contributed by atoms with E-state index in [-0.39, 0.29) is 29.7 Å². The maximum absolute atomic E-state index is 13.5. The Kier molecular flexibility index (Phi) is 9.84. The molecule has 1 atom stereocenters. The van der Waals surface area contributed by atoms with Gasteiger partial charge in [0, 0.05) is 50.5 Å². The topological polar surface area (TPSA) is 161 Å². The summed E-state index contributed by atoms with van der Waals surface area (Å²) in [6, 6.07) is 9.15. The molecular weight excluding hydrogens is 717 g/mol. The molecule has 5 amide bonds. The summed E-state index contributed by atoms with van der Waals surface area (Å²) in [5.74, 6) is -2.68. The highest BCUT2D eigenvalue weighted by molar-refractivity contribution is 6.23. The summed E-state index contributed by atoms with van der Waals surface area (Å²) in [7, 11) is 0. The molecule has 0 aliphatic carbocycles. The zero-order chi connectivity index (χ0) is 39.2. The van der Waals surface area contributed by atoms with E-state index >= 15 is 0 Å². The van der Waals surface area contributed by atoms with Gasteiger partial charge in [0.25, 0.3) is 17.7 Å². The molecule has 0 bridgehead atoms. The molecule has 1 unspecified atom stereocenters. The molecule has 2 saturated heterocycles. The van der Waals surface area contributed by atoms with Gasteiger partial charge in [-0.25, -0.2) is 0 Å². The van der Waals surface area contributed by atoms with Crippen molar-refractivity contribution in [2.75, 3.05) is 36.4 Å². The molecule has 13 nitrogen and oxygen atoms in total. The molecule has 7 rings (SSSR count). The molecule has 5 heterocycles. The van der Waals surface area contributed by atoms with Crippen LogP contribution < -0.4 is 15.5 Å². The number of amides is 5. The average molecular weight is 757 g/mol. The molecular formula is C39H39F3N8O5. The minimum atomic E-state index is -4.75. The molecule has 286 valence electrons. The number of rotatable bonds is 7. The number of hydrogen-bond acceptors (Lipinski definition) is 9. The fraction of sp³-hybridized carbons (Fsp3) is 0.410. The maximum atomic E-state index is 13.5. The van der Waals surface area contributed by atoms with E-state index in [1.807, 2.05) is 6.07 Å². The van der Waals surface area contributed by atoms with E-state index < -0.39 is 58.4 Å². The van der Waals surface area contributed by atoms with Crippen LogP contribution in [0.2, 0.25) is 0 Å². The standard InChI is InChI=1S/C39H39F3N8O5/c1-38(2,37(55)45-26-7-5-25(20-43)31(19-26)39(40,41)42)49-22-28(21-44-49)48-16-12-27(13-17-48)47-14-3-4-23(11-15-47)24-6-8-29-30(18-24)36(54)50(35(29)53)32-9-10-33(51)46-34(32)52/h4-8,18-19,21-22,27,32H,3,9-17H2,1-2H3,(H,45,55)(H,46,51,52). The number of aromatic nitrogens is 2. The quantitative estimate of drug-likeness (QED) is 0.326. The minimum Gasteiger partial charge on any atom is -0.369 e. The van der Waals surface area contributed by atoms with Gasteiger partial charge in [-0.3, -0.25) is 43.8 Å². The second-order valence-corrected chi connectivity index (χ2v) is 14.8. The molecule has 3 aromatic rings. The number of benzene rings is 2. The number of fused-ring (bicyclic) bond motifs is 1. The second-order valence-electron chi connectivity index (χ2n) is 14.8. The highest BCUT2D eigenvalue weighted by Gasteiger charge is 2.45. The molecule has 1 aromatic heterocycles. The first-order valence-electron chi connectivity index (χ1n) is 18.2. The number of imide groups is 2. The van der Waals surface area contributed by atoms with Crippen LogP contribution in [0.5, 0.6) is 0 Å². The third-order valence-corrected chi connectivity index (χ3v) is 11.0. The van der Waals surface area contributed by atoms with Crippen LogP contribution in [0.1, 0.15) is 89.8 Å². The number of carbonyl (C=O) groups excluding carboxylic acids is 5. The first-order valence-corrected chi connectivity index (χ1v) is 18.2. The molecule has 16 heteroatoms. The summed E-state index contributed by atoms with van der Waals surface area (Å²) in [6.07, 6.45) is 4.40. The van der Waals surface area contributed by atoms with E-state index in [0.29, 0.717) is 6.04 Å². The third-order valence-electron chi connectivity index (χ3n) is 11.0. The second kappa shape index (κ2) is 14.4. The Morgan fingerprint density at radius 2 is 1.69 bits per heavy atom. The van der Waals surface area contributed by atoms with E-state index in [1.54, 1.807) is 38.4 Å². The number of anilines is 2. The van der Waals surface area contributed by atoms with Crippen LogP contribution >= 0.6 is 0 Å². The molecule has 2 fully saturated rings. The van der Waals surface area contributed by atoms with Crippen LogP contribution in [0.15, 0.2) is 54.9 Å².